The third-order valence-electron chi connectivity index (χ3n) is 3.66. The van der Waals surface area contributed by atoms with Gasteiger partial charge in [-0.25, -0.2) is 4.52 Å². The van der Waals surface area contributed by atoms with E-state index in [1.807, 2.05) is 0 Å². The Morgan fingerprint density at radius 1 is 1.28 bits per heavy atom. The maximum Gasteiger partial charge on any atom is 0.0770 e. The summed E-state index contributed by atoms with van der Waals surface area (Å²) in [5.74, 6) is 0.771. The fourth-order valence-electron chi connectivity index (χ4n) is 2.46. The highest BCUT2D eigenvalue weighted by Gasteiger charge is 2.27. The van der Waals surface area contributed by atoms with E-state index in [2.05, 4.69) is 48.6 Å². The van der Waals surface area contributed by atoms with E-state index in [4.69, 9.17) is 5.73 Å². The van der Waals surface area contributed by atoms with Gasteiger partial charge in [0.1, 0.15) is 0 Å². The molecule has 2 N–H and O–H groups in total. The van der Waals surface area contributed by atoms with E-state index in [9.17, 15) is 0 Å². The molecule has 1 fully saturated rings. The molecule has 0 atom stereocenters. The van der Waals surface area contributed by atoms with Crippen molar-refractivity contribution in [1.29, 1.82) is 0 Å². The number of nitrogens with zero attached hydrogens (tertiary/aromatic N) is 2. The summed E-state index contributed by atoms with van der Waals surface area (Å²) in [7, 11) is 0. The number of pyridine rings is 1. The van der Waals surface area contributed by atoms with Crippen LogP contribution in [0, 0.1) is 0 Å². The molecule has 0 spiro atoms. The molecule has 3 rings (SSSR count). The number of rotatable bonds is 2. The van der Waals surface area contributed by atoms with Gasteiger partial charge in [-0.2, -0.15) is 5.10 Å². The van der Waals surface area contributed by atoms with Crippen LogP contribution in [-0.2, 0) is 12.0 Å². The predicted octanol–water partition coefficient (Wildman–Crippen LogP) is 2.97. The lowest BCUT2D eigenvalue weighted by Crippen LogP contribution is -2.17. The first-order valence-electron chi connectivity index (χ1n) is 6.72. The van der Waals surface area contributed by atoms with Gasteiger partial charge in [-0.05, 0) is 42.5 Å². The van der Waals surface area contributed by atoms with Gasteiger partial charge in [0.15, 0.2) is 0 Å². The van der Waals surface area contributed by atoms with Gasteiger partial charge < -0.3 is 5.73 Å². The van der Waals surface area contributed by atoms with Crippen molar-refractivity contribution in [3.63, 3.8) is 0 Å². The lowest BCUT2D eigenvalue weighted by Gasteiger charge is -2.21. The third-order valence-corrected chi connectivity index (χ3v) is 3.66. The van der Waals surface area contributed by atoms with Gasteiger partial charge in [0.05, 0.1) is 11.2 Å². The fourth-order valence-corrected chi connectivity index (χ4v) is 2.46. The summed E-state index contributed by atoms with van der Waals surface area (Å²) in [5.41, 5.74) is 10.7. The Balaban J connectivity index is 2.25. The minimum atomic E-state index is 0.0983. The Hall–Kier alpha value is -1.35. The van der Waals surface area contributed by atoms with Crippen molar-refractivity contribution in [3.05, 3.63) is 35.2 Å². The molecular weight excluding hydrogens is 222 g/mol. The van der Waals surface area contributed by atoms with Crippen LogP contribution < -0.4 is 5.73 Å². The van der Waals surface area contributed by atoms with Crippen LogP contribution in [-0.4, -0.2) is 9.61 Å². The molecule has 3 nitrogen and oxygen atoms in total. The lowest BCUT2D eigenvalue weighted by molar-refractivity contribution is 0.546. The van der Waals surface area contributed by atoms with E-state index in [-0.39, 0.29) is 5.41 Å². The number of nitrogens with two attached hydrogens (primary N) is 1. The Morgan fingerprint density at radius 3 is 2.56 bits per heavy atom. The van der Waals surface area contributed by atoms with E-state index < -0.39 is 0 Å². The molecule has 96 valence electrons. The molecule has 0 bridgehead atoms. The van der Waals surface area contributed by atoms with Gasteiger partial charge in [0, 0.05) is 17.7 Å². The number of hydrogen-bond acceptors (Lipinski definition) is 2. The molecule has 2 heterocycles. The average molecular weight is 243 g/mol. The molecule has 1 saturated carbocycles. The Labute approximate surface area is 108 Å². The summed E-state index contributed by atoms with van der Waals surface area (Å²) in [4.78, 5) is 0. The summed E-state index contributed by atoms with van der Waals surface area (Å²) in [5, 5.41) is 4.61. The molecule has 0 unspecified atom stereocenters. The first-order chi connectivity index (χ1) is 8.49. The molecular formula is C15H21N3. The minimum absolute atomic E-state index is 0.0983. The van der Waals surface area contributed by atoms with Crippen LogP contribution in [0.1, 0.15) is 56.5 Å². The van der Waals surface area contributed by atoms with Gasteiger partial charge in [0.25, 0.3) is 0 Å². The average Bonchev–Trinajstić information content (AvgIpc) is 3.06. The molecule has 0 radical (unpaired) electrons. The molecule has 0 aliphatic heterocycles. The zero-order chi connectivity index (χ0) is 12.9. The monoisotopic (exact) mass is 243 g/mol. The zero-order valence-corrected chi connectivity index (χ0v) is 11.4. The molecule has 2 aromatic rings. The normalized spacial score (nSPS) is 16.4. The quantitative estimate of drug-likeness (QED) is 0.881. The summed E-state index contributed by atoms with van der Waals surface area (Å²) >= 11 is 0. The van der Waals surface area contributed by atoms with Crippen molar-refractivity contribution in [2.45, 2.75) is 51.5 Å². The van der Waals surface area contributed by atoms with Gasteiger partial charge in [-0.3, -0.25) is 0 Å². The summed E-state index contributed by atoms with van der Waals surface area (Å²) < 4.78 is 2.06. The van der Waals surface area contributed by atoms with Crippen LogP contribution in [0.5, 0.6) is 0 Å². The summed E-state index contributed by atoms with van der Waals surface area (Å²) in [6.07, 6.45) is 2.66. The molecule has 1 aliphatic rings. The van der Waals surface area contributed by atoms with Gasteiger partial charge in [-0.15, -0.1) is 0 Å². The number of aromatic nitrogens is 2. The third kappa shape index (κ3) is 1.93. The number of hydrogen-bond donors (Lipinski definition) is 1. The first-order valence-corrected chi connectivity index (χ1v) is 6.72. The van der Waals surface area contributed by atoms with Crippen LogP contribution in [0.25, 0.3) is 5.52 Å². The highest BCUT2D eigenvalue weighted by atomic mass is 15.2. The highest BCUT2D eigenvalue weighted by Crippen LogP contribution is 2.41. The van der Waals surface area contributed by atoms with Crippen molar-refractivity contribution in [1.82, 2.24) is 9.61 Å². The van der Waals surface area contributed by atoms with Crippen LogP contribution in [0.3, 0.4) is 0 Å². The van der Waals surface area contributed by atoms with Crippen molar-refractivity contribution in [2.24, 2.45) is 5.73 Å². The van der Waals surface area contributed by atoms with Crippen LogP contribution in [0.2, 0.25) is 0 Å². The van der Waals surface area contributed by atoms with E-state index in [1.54, 1.807) is 0 Å². The second-order valence-electron chi connectivity index (χ2n) is 6.37. The van der Waals surface area contributed by atoms with E-state index >= 15 is 0 Å². The SMILES string of the molecule is CC(C)(C)c1cc(C2CC2)cc2cc(CN)nn12. The number of fused-ring (bicyclic) bond motifs is 1. The van der Waals surface area contributed by atoms with Crippen molar-refractivity contribution in [2.75, 3.05) is 0 Å². The Morgan fingerprint density at radius 2 is 2.00 bits per heavy atom. The summed E-state index contributed by atoms with van der Waals surface area (Å²) in [6, 6.07) is 6.72. The summed E-state index contributed by atoms with van der Waals surface area (Å²) in [6.45, 7) is 7.22. The van der Waals surface area contributed by atoms with Gasteiger partial charge >= 0.3 is 0 Å². The van der Waals surface area contributed by atoms with E-state index in [0.29, 0.717) is 6.54 Å². The molecule has 0 aromatic carbocycles. The second kappa shape index (κ2) is 3.82. The standard InChI is InChI=1S/C15H21N3/c1-15(2,3)14-7-11(10-4-5-10)6-13-8-12(9-16)17-18(13)14/h6-8,10H,4-5,9,16H2,1-3H3. The molecule has 2 aromatic heterocycles. The molecule has 1 aliphatic carbocycles. The second-order valence-corrected chi connectivity index (χ2v) is 6.37. The fraction of sp³-hybridized carbons (Fsp3) is 0.533. The molecule has 3 heteroatoms. The zero-order valence-electron chi connectivity index (χ0n) is 11.4. The largest absolute Gasteiger partial charge is 0.325 e. The van der Waals surface area contributed by atoms with Crippen molar-refractivity contribution >= 4 is 5.52 Å². The molecule has 0 saturated heterocycles. The maximum absolute atomic E-state index is 5.71. The molecule has 18 heavy (non-hydrogen) atoms. The minimum Gasteiger partial charge on any atom is -0.325 e. The van der Waals surface area contributed by atoms with Crippen LogP contribution in [0.15, 0.2) is 18.2 Å². The van der Waals surface area contributed by atoms with E-state index in [1.165, 1.54) is 29.6 Å². The van der Waals surface area contributed by atoms with Crippen molar-refractivity contribution < 1.29 is 0 Å². The highest BCUT2D eigenvalue weighted by molar-refractivity contribution is 5.53. The Bertz CT molecular complexity index is 586. The lowest BCUT2D eigenvalue weighted by atomic mass is 9.90. The first kappa shape index (κ1) is 11.7. The van der Waals surface area contributed by atoms with Crippen LogP contribution >= 0.6 is 0 Å². The van der Waals surface area contributed by atoms with Gasteiger partial charge in [-0.1, -0.05) is 20.8 Å². The van der Waals surface area contributed by atoms with E-state index in [0.717, 1.165) is 11.6 Å². The van der Waals surface area contributed by atoms with Crippen LogP contribution in [0.4, 0.5) is 0 Å². The van der Waals surface area contributed by atoms with Crippen molar-refractivity contribution in [3.8, 4) is 0 Å². The smallest absolute Gasteiger partial charge is 0.0770 e. The maximum atomic E-state index is 5.71. The topological polar surface area (TPSA) is 43.3 Å². The Kier molecular flexibility index (Phi) is 2.49. The predicted molar refractivity (Wildman–Crippen MR) is 73.8 cm³/mol. The van der Waals surface area contributed by atoms with Gasteiger partial charge in [0.2, 0.25) is 0 Å². The molecule has 0 amide bonds.